The molecule has 0 heterocycles. The minimum absolute atomic E-state index is 0.244. The Labute approximate surface area is 136 Å². The Morgan fingerprint density at radius 1 is 1.13 bits per heavy atom. The van der Waals surface area contributed by atoms with Crippen LogP contribution >= 0.6 is 0 Å². The highest BCUT2D eigenvalue weighted by Gasteiger charge is 2.36. The molecular weight excluding hydrogens is 298 g/mol. The molecule has 0 saturated carbocycles. The summed E-state index contributed by atoms with van der Waals surface area (Å²) in [7, 11) is 1.58. The van der Waals surface area contributed by atoms with Crippen molar-refractivity contribution in [2.24, 2.45) is 0 Å². The topological polar surface area (TPSA) is 84.9 Å². The maximum Gasteiger partial charge on any atom is 0.408 e. The van der Waals surface area contributed by atoms with E-state index in [1.807, 2.05) is 24.3 Å². The number of aliphatic carboxylic acids is 1. The molecule has 1 aromatic rings. The molecule has 0 aliphatic heterocycles. The van der Waals surface area contributed by atoms with E-state index in [-0.39, 0.29) is 6.42 Å². The molecule has 2 N–H and O–H groups in total. The van der Waals surface area contributed by atoms with Crippen molar-refractivity contribution < 1.29 is 24.2 Å². The third-order valence-electron chi connectivity index (χ3n) is 3.32. The number of alkyl carbamates (subject to hydrolysis) is 1. The largest absolute Gasteiger partial charge is 0.497 e. The monoisotopic (exact) mass is 323 g/mol. The lowest BCUT2D eigenvalue weighted by molar-refractivity contribution is -0.144. The van der Waals surface area contributed by atoms with Crippen LogP contribution in [0.4, 0.5) is 4.79 Å². The maximum absolute atomic E-state index is 11.9. The van der Waals surface area contributed by atoms with Gasteiger partial charge in [0.25, 0.3) is 0 Å². The van der Waals surface area contributed by atoms with Gasteiger partial charge in [0, 0.05) is 0 Å². The zero-order chi connectivity index (χ0) is 17.7. The molecule has 0 radical (unpaired) electrons. The molecule has 6 nitrogen and oxygen atoms in total. The highest BCUT2D eigenvalue weighted by molar-refractivity contribution is 5.84. The number of rotatable bonds is 6. The van der Waals surface area contributed by atoms with Gasteiger partial charge in [-0.1, -0.05) is 12.1 Å². The number of hydrogen-bond acceptors (Lipinski definition) is 4. The van der Waals surface area contributed by atoms with Crippen LogP contribution in [0.1, 0.15) is 39.7 Å². The van der Waals surface area contributed by atoms with Gasteiger partial charge in [-0.3, -0.25) is 0 Å². The minimum Gasteiger partial charge on any atom is -0.497 e. The van der Waals surface area contributed by atoms with E-state index in [2.05, 4.69) is 5.32 Å². The fraction of sp³-hybridized carbons (Fsp3) is 0.529. The van der Waals surface area contributed by atoms with Crippen LogP contribution in [-0.2, 0) is 16.0 Å². The number of methoxy groups -OCH3 is 1. The van der Waals surface area contributed by atoms with Crippen molar-refractivity contribution >= 4 is 12.1 Å². The van der Waals surface area contributed by atoms with E-state index in [9.17, 15) is 14.7 Å². The Kier molecular flexibility index (Phi) is 6.01. The summed E-state index contributed by atoms with van der Waals surface area (Å²) >= 11 is 0. The van der Waals surface area contributed by atoms with E-state index < -0.39 is 23.2 Å². The van der Waals surface area contributed by atoms with Gasteiger partial charge in [0.15, 0.2) is 0 Å². The van der Waals surface area contributed by atoms with Crippen LogP contribution < -0.4 is 10.1 Å². The van der Waals surface area contributed by atoms with Gasteiger partial charge < -0.3 is 19.9 Å². The fourth-order valence-corrected chi connectivity index (χ4v) is 1.94. The third-order valence-corrected chi connectivity index (χ3v) is 3.32. The van der Waals surface area contributed by atoms with E-state index in [1.165, 1.54) is 6.92 Å². The predicted molar refractivity (Wildman–Crippen MR) is 86.7 cm³/mol. The van der Waals surface area contributed by atoms with E-state index >= 15 is 0 Å². The van der Waals surface area contributed by atoms with Crippen molar-refractivity contribution in [3.63, 3.8) is 0 Å². The van der Waals surface area contributed by atoms with Crippen molar-refractivity contribution in [1.29, 1.82) is 0 Å². The number of carbonyl (C=O) groups excluding carboxylic acids is 1. The van der Waals surface area contributed by atoms with Crippen molar-refractivity contribution in [1.82, 2.24) is 5.32 Å². The van der Waals surface area contributed by atoms with Gasteiger partial charge in [0.05, 0.1) is 7.11 Å². The highest BCUT2D eigenvalue weighted by atomic mass is 16.6. The molecule has 1 atom stereocenters. The lowest BCUT2D eigenvalue weighted by atomic mass is 9.93. The van der Waals surface area contributed by atoms with Crippen LogP contribution in [0.5, 0.6) is 5.75 Å². The van der Waals surface area contributed by atoms with Crippen LogP contribution in [0.3, 0.4) is 0 Å². The number of ether oxygens (including phenoxy) is 2. The first kappa shape index (κ1) is 18.8. The molecule has 128 valence electrons. The fourth-order valence-electron chi connectivity index (χ4n) is 1.94. The molecule has 1 unspecified atom stereocenters. The SMILES string of the molecule is COc1ccc(CCC(C)(NC(=O)OC(C)(C)C)C(=O)O)cc1. The average molecular weight is 323 g/mol. The van der Waals surface area contributed by atoms with Gasteiger partial charge >= 0.3 is 12.1 Å². The zero-order valence-corrected chi connectivity index (χ0v) is 14.3. The first-order chi connectivity index (χ1) is 10.6. The number of aryl methyl sites for hydroxylation is 1. The Hall–Kier alpha value is -2.24. The van der Waals surface area contributed by atoms with Gasteiger partial charge in [-0.2, -0.15) is 0 Å². The molecule has 0 aliphatic carbocycles. The molecule has 1 amide bonds. The molecule has 1 rings (SSSR count). The van der Waals surface area contributed by atoms with E-state index in [0.717, 1.165) is 11.3 Å². The molecule has 23 heavy (non-hydrogen) atoms. The van der Waals surface area contributed by atoms with Gasteiger partial charge in [0.1, 0.15) is 16.9 Å². The second kappa shape index (κ2) is 7.35. The summed E-state index contributed by atoms with van der Waals surface area (Å²) in [5.41, 5.74) is -1.12. The van der Waals surface area contributed by atoms with Gasteiger partial charge in [-0.15, -0.1) is 0 Å². The minimum atomic E-state index is -1.40. The predicted octanol–water partition coefficient (Wildman–Crippen LogP) is 3.00. The molecule has 1 aromatic carbocycles. The Morgan fingerprint density at radius 2 is 1.70 bits per heavy atom. The lowest BCUT2D eigenvalue weighted by Crippen LogP contribution is -2.53. The lowest BCUT2D eigenvalue weighted by Gasteiger charge is -2.28. The maximum atomic E-state index is 11.9. The molecular formula is C17H25NO5. The third kappa shape index (κ3) is 6.18. The molecule has 0 aromatic heterocycles. The van der Waals surface area contributed by atoms with Gasteiger partial charge in [-0.25, -0.2) is 9.59 Å². The number of carboxylic acids is 1. The number of carboxylic acid groups (broad SMARTS) is 1. The smallest absolute Gasteiger partial charge is 0.408 e. The molecule has 0 bridgehead atoms. The normalized spacial score (nSPS) is 13.8. The number of nitrogens with one attached hydrogen (secondary N) is 1. The Morgan fingerprint density at radius 3 is 2.13 bits per heavy atom. The summed E-state index contributed by atoms with van der Waals surface area (Å²) in [4.78, 5) is 23.4. The number of carbonyl (C=O) groups is 2. The molecule has 0 saturated heterocycles. The Balaban J connectivity index is 2.72. The first-order valence-corrected chi connectivity index (χ1v) is 7.43. The summed E-state index contributed by atoms with van der Waals surface area (Å²) in [5.74, 6) is -0.363. The van der Waals surface area contributed by atoms with Crippen LogP contribution in [-0.4, -0.2) is 35.4 Å². The molecule has 0 spiro atoms. The van der Waals surface area contributed by atoms with Crippen LogP contribution in [0.15, 0.2) is 24.3 Å². The molecule has 0 fully saturated rings. The van der Waals surface area contributed by atoms with Crippen molar-refractivity contribution in [2.75, 3.05) is 7.11 Å². The van der Waals surface area contributed by atoms with Crippen LogP contribution in [0.25, 0.3) is 0 Å². The number of amides is 1. The van der Waals surface area contributed by atoms with Gasteiger partial charge in [0.2, 0.25) is 0 Å². The van der Waals surface area contributed by atoms with E-state index in [4.69, 9.17) is 9.47 Å². The summed E-state index contributed by atoms with van der Waals surface area (Å²) in [5, 5.41) is 11.9. The van der Waals surface area contributed by atoms with E-state index in [1.54, 1.807) is 27.9 Å². The Bertz CT molecular complexity index is 547. The summed E-state index contributed by atoms with van der Waals surface area (Å²) < 4.78 is 10.2. The highest BCUT2D eigenvalue weighted by Crippen LogP contribution is 2.18. The van der Waals surface area contributed by atoms with Crippen molar-refractivity contribution in [3.8, 4) is 5.75 Å². The summed E-state index contributed by atoms with van der Waals surface area (Å²) in [6.07, 6.45) is 0.00776. The second-order valence-corrected chi connectivity index (χ2v) is 6.61. The average Bonchev–Trinajstić information content (AvgIpc) is 2.43. The number of benzene rings is 1. The summed E-state index contributed by atoms with van der Waals surface area (Å²) in [6, 6.07) is 7.37. The van der Waals surface area contributed by atoms with Crippen molar-refractivity contribution in [3.05, 3.63) is 29.8 Å². The second-order valence-electron chi connectivity index (χ2n) is 6.61. The standard InChI is InChI=1S/C17H25NO5/c1-16(2,3)23-15(21)18-17(4,14(19)20)11-10-12-6-8-13(22-5)9-7-12/h6-9H,10-11H2,1-5H3,(H,18,21)(H,19,20). The summed E-state index contributed by atoms with van der Waals surface area (Å²) in [6.45, 7) is 6.65. The molecule has 6 heteroatoms. The van der Waals surface area contributed by atoms with E-state index in [0.29, 0.717) is 6.42 Å². The quantitative estimate of drug-likeness (QED) is 0.840. The first-order valence-electron chi connectivity index (χ1n) is 7.43. The molecule has 0 aliphatic rings. The van der Waals surface area contributed by atoms with Crippen LogP contribution in [0, 0.1) is 0 Å². The van der Waals surface area contributed by atoms with Crippen molar-refractivity contribution in [2.45, 2.75) is 51.7 Å². The zero-order valence-electron chi connectivity index (χ0n) is 14.3. The number of hydrogen-bond donors (Lipinski definition) is 2. The van der Waals surface area contributed by atoms with Gasteiger partial charge in [-0.05, 0) is 58.2 Å². The van der Waals surface area contributed by atoms with Crippen LogP contribution in [0.2, 0.25) is 0 Å².